The number of aromatic nitrogens is 3. The second-order valence-electron chi connectivity index (χ2n) is 4.76. The summed E-state index contributed by atoms with van der Waals surface area (Å²) in [6.07, 6.45) is 0. The van der Waals surface area contributed by atoms with Crippen molar-refractivity contribution in [1.29, 1.82) is 0 Å². The zero-order valence-electron chi connectivity index (χ0n) is 11.3. The van der Waals surface area contributed by atoms with Gasteiger partial charge in [-0.15, -0.1) is 11.3 Å². The second-order valence-corrected chi connectivity index (χ2v) is 6.58. The first kappa shape index (κ1) is 13.7. The van der Waals surface area contributed by atoms with Gasteiger partial charge < -0.3 is 0 Å². The standard InChI is InChI=1S/C16H10ClN3S2/c17-13-11-8-4-5-9-12(11)22-14(13)15-18-19-16(21)20(15)10-6-2-1-3-7-10/h1-9H,(H,19,21). The molecule has 0 atom stereocenters. The second kappa shape index (κ2) is 5.35. The number of hydrogen-bond acceptors (Lipinski definition) is 3. The van der Waals surface area contributed by atoms with Crippen molar-refractivity contribution in [2.45, 2.75) is 0 Å². The van der Waals surface area contributed by atoms with Gasteiger partial charge in [-0.25, -0.2) is 0 Å². The van der Waals surface area contributed by atoms with Gasteiger partial charge >= 0.3 is 0 Å². The summed E-state index contributed by atoms with van der Waals surface area (Å²) in [6.45, 7) is 0. The summed E-state index contributed by atoms with van der Waals surface area (Å²) in [5, 5.41) is 9.01. The van der Waals surface area contributed by atoms with Crippen molar-refractivity contribution < 1.29 is 0 Å². The summed E-state index contributed by atoms with van der Waals surface area (Å²) >= 11 is 13.6. The van der Waals surface area contributed by atoms with E-state index in [4.69, 9.17) is 23.8 Å². The van der Waals surface area contributed by atoms with Gasteiger partial charge in [0.2, 0.25) is 0 Å². The highest BCUT2D eigenvalue weighted by Gasteiger charge is 2.18. The minimum Gasteiger partial charge on any atom is -0.267 e. The molecular formula is C16H10ClN3S2. The largest absolute Gasteiger partial charge is 0.267 e. The first-order chi connectivity index (χ1) is 10.8. The molecule has 0 spiro atoms. The molecule has 4 aromatic rings. The van der Waals surface area contributed by atoms with Gasteiger partial charge in [0.05, 0.1) is 9.90 Å². The molecule has 3 nitrogen and oxygen atoms in total. The molecule has 108 valence electrons. The van der Waals surface area contributed by atoms with E-state index in [1.807, 2.05) is 53.1 Å². The van der Waals surface area contributed by atoms with Crippen molar-refractivity contribution in [3.05, 3.63) is 64.4 Å². The Labute approximate surface area is 140 Å². The molecule has 0 bridgehead atoms. The lowest BCUT2D eigenvalue weighted by molar-refractivity contribution is 1.04. The number of benzene rings is 2. The number of nitrogens with one attached hydrogen (secondary N) is 1. The van der Waals surface area contributed by atoms with Gasteiger partial charge in [0, 0.05) is 15.8 Å². The molecule has 0 unspecified atom stereocenters. The van der Waals surface area contributed by atoms with E-state index >= 15 is 0 Å². The molecule has 2 aromatic heterocycles. The molecule has 6 heteroatoms. The fourth-order valence-corrected chi connectivity index (χ4v) is 4.16. The van der Waals surface area contributed by atoms with E-state index in [1.54, 1.807) is 11.3 Å². The van der Waals surface area contributed by atoms with Gasteiger partial charge in [0.25, 0.3) is 0 Å². The Bertz CT molecular complexity index is 1010. The van der Waals surface area contributed by atoms with E-state index in [9.17, 15) is 0 Å². The average Bonchev–Trinajstić information content (AvgIpc) is 3.09. The van der Waals surface area contributed by atoms with Crippen LogP contribution >= 0.6 is 35.2 Å². The molecule has 0 saturated heterocycles. The fourth-order valence-electron chi connectivity index (χ4n) is 2.42. The van der Waals surface area contributed by atoms with Gasteiger partial charge in [0.15, 0.2) is 10.6 Å². The van der Waals surface area contributed by atoms with Crippen LogP contribution in [0.2, 0.25) is 5.02 Å². The highest BCUT2D eigenvalue weighted by molar-refractivity contribution is 7.71. The van der Waals surface area contributed by atoms with Gasteiger partial charge in [-0.05, 0) is 30.4 Å². The molecule has 2 heterocycles. The van der Waals surface area contributed by atoms with E-state index in [0.29, 0.717) is 9.79 Å². The Morgan fingerprint density at radius 2 is 1.77 bits per heavy atom. The molecule has 0 amide bonds. The third-order valence-corrected chi connectivity index (χ3v) is 5.37. The van der Waals surface area contributed by atoms with Crippen molar-refractivity contribution in [3.63, 3.8) is 0 Å². The third-order valence-electron chi connectivity index (χ3n) is 3.42. The SMILES string of the molecule is S=c1[nH]nc(-c2sc3ccccc3c2Cl)n1-c1ccccc1. The Morgan fingerprint density at radius 1 is 1.05 bits per heavy atom. The molecule has 4 rings (SSSR count). The number of rotatable bonds is 2. The Morgan fingerprint density at radius 3 is 2.55 bits per heavy atom. The van der Waals surface area contributed by atoms with Gasteiger partial charge in [-0.1, -0.05) is 48.0 Å². The fraction of sp³-hybridized carbons (Fsp3) is 0. The van der Waals surface area contributed by atoms with Gasteiger partial charge in [-0.3, -0.25) is 9.67 Å². The van der Waals surface area contributed by atoms with Crippen LogP contribution < -0.4 is 0 Å². The summed E-state index contributed by atoms with van der Waals surface area (Å²) < 4.78 is 3.59. The first-order valence-electron chi connectivity index (χ1n) is 6.66. The summed E-state index contributed by atoms with van der Waals surface area (Å²) in [5.41, 5.74) is 0.963. The number of hydrogen-bond donors (Lipinski definition) is 1. The monoisotopic (exact) mass is 343 g/mol. The number of H-pyrrole nitrogens is 1. The maximum absolute atomic E-state index is 6.57. The highest BCUT2D eigenvalue weighted by atomic mass is 35.5. The molecule has 0 radical (unpaired) electrons. The van der Waals surface area contributed by atoms with Crippen LogP contribution in [0.1, 0.15) is 0 Å². The lowest BCUT2D eigenvalue weighted by Gasteiger charge is -2.05. The van der Waals surface area contributed by atoms with E-state index in [1.165, 1.54) is 0 Å². The molecule has 0 saturated carbocycles. The predicted octanol–water partition coefficient (Wildman–Crippen LogP) is 5.46. The van der Waals surface area contributed by atoms with Gasteiger partial charge in [0.1, 0.15) is 0 Å². The number of thiophene rings is 1. The minimum atomic E-state index is 0.551. The quantitative estimate of drug-likeness (QED) is 0.490. The van der Waals surface area contributed by atoms with Crippen LogP contribution in [-0.4, -0.2) is 14.8 Å². The van der Waals surface area contributed by atoms with Crippen LogP contribution in [0, 0.1) is 4.77 Å². The van der Waals surface area contributed by atoms with Crippen molar-refractivity contribution in [1.82, 2.24) is 14.8 Å². The smallest absolute Gasteiger partial charge is 0.200 e. The highest BCUT2D eigenvalue weighted by Crippen LogP contribution is 2.41. The van der Waals surface area contributed by atoms with Crippen LogP contribution in [0.15, 0.2) is 54.6 Å². The van der Waals surface area contributed by atoms with Crippen LogP contribution in [0.4, 0.5) is 0 Å². The molecule has 22 heavy (non-hydrogen) atoms. The predicted molar refractivity (Wildman–Crippen MR) is 94.6 cm³/mol. The normalized spacial score (nSPS) is 11.1. The van der Waals surface area contributed by atoms with Crippen LogP contribution in [-0.2, 0) is 0 Å². The summed E-state index contributed by atoms with van der Waals surface area (Å²) in [7, 11) is 0. The maximum Gasteiger partial charge on any atom is 0.200 e. The molecule has 0 aliphatic carbocycles. The number of para-hydroxylation sites is 1. The lowest BCUT2D eigenvalue weighted by atomic mass is 10.2. The van der Waals surface area contributed by atoms with Crippen molar-refractivity contribution in [2.24, 2.45) is 0 Å². The number of nitrogens with zero attached hydrogens (tertiary/aromatic N) is 2. The van der Waals surface area contributed by atoms with E-state index in [2.05, 4.69) is 16.3 Å². The minimum absolute atomic E-state index is 0.551. The molecular weight excluding hydrogens is 334 g/mol. The zero-order chi connectivity index (χ0) is 15.1. The average molecular weight is 344 g/mol. The zero-order valence-corrected chi connectivity index (χ0v) is 13.7. The van der Waals surface area contributed by atoms with Crippen LogP contribution in [0.3, 0.4) is 0 Å². The third kappa shape index (κ3) is 2.09. The number of halogens is 1. The van der Waals surface area contributed by atoms with Gasteiger partial charge in [-0.2, -0.15) is 5.10 Å². The molecule has 0 aliphatic rings. The summed E-state index contributed by atoms with van der Waals surface area (Å²) in [5.74, 6) is 0.738. The van der Waals surface area contributed by atoms with Crippen LogP contribution in [0.5, 0.6) is 0 Å². The van der Waals surface area contributed by atoms with Crippen molar-refractivity contribution >= 4 is 45.2 Å². The Hall–Kier alpha value is -1.95. The molecule has 0 fully saturated rings. The van der Waals surface area contributed by atoms with Crippen molar-refractivity contribution in [3.8, 4) is 16.4 Å². The molecule has 0 aliphatic heterocycles. The maximum atomic E-state index is 6.57. The summed E-state index contributed by atoms with van der Waals surface area (Å²) in [6, 6.07) is 18.0. The van der Waals surface area contributed by atoms with E-state index in [0.717, 1.165) is 26.5 Å². The Kier molecular flexibility index (Phi) is 3.33. The summed E-state index contributed by atoms with van der Waals surface area (Å²) in [4.78, 5) is 0.916. The lowest BCUT2D eigenvalue weighted by Crippen LogP contribution is -1.96. The number of fused-ring (bicyclic) bond motifs is 1. The van der Waals surface area contributed by atoms with E-state index < -0.39 is 0 Å². The molecule has 1 N–H and O–H groups in total. The topological polar surface area (TPSA) is 33.6 Å². The van der Waals surface area contributed by atoms with Crippen LogP contribution in [0.25, 0.3) is 26.5 Å². The Balaban J connectivity index is 2.01. The van der Waals surface area contributed by atoms with Crippen molar-refractivity contribution in [2.75, 3.05) is 0 Å². The molecule has 2 aromatic carbocycles. The van der Waals surface area contributed by atoms with E-state index in [-0.39, 0.29) is 0 Å². The first-order valence-corrected chi connectivity index (χ1v) is 8.26. The number of aromatic amines is 1.